The van der Waals surface area contributed by atoms with Crippen molar-refractivity contribution in [3.63, 3.8) is 0 Å². The largest absolute Gasteiger partial charge is 0.417 e. The van der Waals surface area contributed by atoms with Crippen LogP contribution in [0.2, 0.25) is 0 Å². The molecule has 12 heteroatoms. The number of nitriles is 2. The Balaban J connectivity index is 1.81. The smallest absolute Gasteiger partial charge is 0.361 e. The van der Waals surface area contributed by atoms with E-state index in [1.165, 1.54) is 66.7 Å². The van der Waals surface area contributed by atoms with Crippen molar-refractivity contribution in [3.05, 3.63) is 94.3 Å². The van der Waals surface area contributed by atoms with E-state index in [9.17, 15) is 22.0 Å². The molecule has 1 atom stereocenters. The van der Waals surface area contributed by atoms with Crippen LogP contribution >= 0.6 is 0 Å². The zero-order chi connectivity index (χ0) is 25.2. The van der Waals surface area contributed by atoms with E-state index in [-0.39, 0.29) is 44.1 Å². The highest BCUT2D eigenvalue weighted by molar-refractivity contribution is 7.87. The Morgan fingerprint density at radius 3 is 2.29 bits per heavy atom. The van der Waals surface area contributed by atoms with E-state index in [4.69, 9.17) is 19.1 Å². The average Bonchev–Trinajstić information content (AvgIpc) is 2.85. The van der Waals surface area contributed by atoms with Gasteiger partial charge in [0.25, 0.3) is 11.3 Å². The summed E-state index contributed by atoms with van der Waals surface area (Å²) < 4.78 is 58.7. The highest BCUT2D eigenvalue weighted by Crippen LogP contribution is 2.32. The van der Waals surface area contributed by atoms with Crippen molar-refractivity contribution in [3.8, 4) is 17.9 Å². The van der Waals surface area contributed by atoms with Gasteiger partial charge < -0.3 is 8.60 Å². The zero-order valence-corrected chi connectivity index (χ0v) is 19.1. The first-order chi connectivity index (χ1) is 16.7. The van der Waals surface area contributed by atoms with Crippen LogP contribution in [0.4, 0.5) is 11.4 Å². The van der Waals surface area contributed by atoms with Gasteiger partial charge in [0.1, 0.15) is 10.6 Å². The zero-order valence-electron chi connectivity index (χ0n) is 17.5. The molecule has 0 radical (unpaired) electrons. The second-order valence-corrected chi connectivity index (χ2v) is 9.33. The Morgan fingerprint density at radius 1 is 0.943 bits per heavy atom. The van der Waals surface area contributed by atoms with E-state index in [0.717, 1.165) is 10.4 Å². The van der Waals surface area contributed by atoms with Crippen LogP contribution in [-0.2, 0) is 21.4 Å². The van der Waals surface area contributed by atoms with E-state index in [1.54, 1.807) is 0 Å². The second-order valence-electron chi connectivity index (χ2n) is 6.96. The number of fused-ring (bicyclic) bond motifs is 1. The van der Waals surface area contributed by atoms with E-state index >= 15 is 0 Å². The first-order valence-corrected chi connectivity index (χ1v) is 12.1. The standard InChI is InChI=1S/C23H13N3O7S2/c24-13-15-4-1-7-18(10-15)26(34(28)29)20-12-17-6-3-9-21(22(17)32-23(20)27)33-35(30,31)19-8-2-5-16(11-19)14-25/h1-12H,(H,28,29). The molecule has 35 heavy (non-hydrogen) atoms. The highest BCUT2D eigenvalue weighted by atomic mass is 32.2. The fraction of sp³-hybridized carbons (Fsp3) is 0. The SMILES string of the molecule is N#Cc1cccc(N(c2cc3cccc(OS(=O)(=O)c4cccc(C#N)c4)c3oc2=O)S(=O)O)c1. The lowest BCUT2D eigenvalue weighted by molar-refractivity contribution is 0.475. The van der Waals surface area contributed by atoms with Crippen molar-refractivity contribution in [2.45, 2.75) is 4.90 Å². The third-order valence-electron chi connectivity index (χ3n) is 4.74. The Bertz CT molecular complexity index is 1730. The summed E-state index contributed by atoms with van der Waals surface area (Å²) in [4.78, 5) is 12.5. The third-order valence-corrected chi connectivity index (χ3v) is 6.69. The monoisotopic (exact) mass is 507 g/mol. The molecular formula is C23H13N3O7S2. The molecule has 0 fully saturated rings. The topological polar surface area (TPSA) is 162 Å². The van der Waals surface area contributed by atoms with Gasteiger partial charge in [0.2, 0.25) is 0 Å². The summed E-state index contributed by atoms with van der Waals surface area (Å²) in [7, 11) is -4.38. The van der Waals surface area contributed by atoms with Gasteiger partial charge in [0, 0.05) is 5.39 Å². The number of hydrogen-bond donors (Lipinski definition) is 1. The molecular weight excluding hydrogens is 494 g/mol. The molecule has 4 aromatic rings. The maximum atomic E-state index is 12.8. The molecule has 4 rings (SSSR count). The van der Waals surface area contributed by atoms with E-state index in [2.05, 4.69) is 0 Å². The number of para-hydroxylation sites is 1. The van der Waals surface area contributed by atoms with Gasteiger partial charge in [0.15, 0.2) is 11.3 Å². The summed E-state index contributed by atoms with van der Waals surface area (Å²) in [5.41, 5.74) is -1.19. The van der Waals surface area contributed by atoms with E-state index in [0.29, 0.717) is 0 Å². The van der Waals surface area contributed by atoms with Crippen LogP contribution in [0, 0.1) is 22.7 Å². The molecule has 174 valence electrons. The number of benzene rings is 3. The van der Waals surface area contributed by atoms with Gasteiger partial charge in [-0.15, -0.1) is 0 Å². The average molecular weight is 508 g/mol. The minimum Gasteiger partial charge on any atom is -0.417 e. The van der Waals surface area contributed by atoms with Crippen LogP contribution in [-0.4, -0.2) is 17.2 Å². The molecule has 0 aliphatic heterocycles. The molecule has 1 aromatic heterocycles. The maximum Gasteiger partial charge on any atom is 0.361 e. The van der Waals surface area contributed by atoms with Gasteiger partial charge in [-0.2, -0.15) is 18.9 Å². The Hall–Kier alpha value is -4.49. The van der Waals surface area contributed by atoms with Gasteiger partial charge in [-0.1, -0.05) is 24.3 Å². The summed E-state index contributed by atoms with van der Waals surface area (Å²) >= 11 is -2.71. The van der Waals surface area contributed by atoms with Crippen LogP contribution in [0.1, 0.15) is 11.1 Å². The number of rotatable bonds is 6. The minimum absolute atomic E-state index is 0.0869. The summed E-state index contributed by atoms with van der Waals surface area (Å²) in [5, 5.41) is 18.3. The van der Waals surface area contributed by atoms with Crippen molar-refractivity contribution in [2.75, 3.05) is 4.31 Å². The number of anilines is 2. The summed E-state index contributed by atoms with van der Waals surface area (Å²) in [6.45, 7) is 0. The van der Waals surface area contributed by atoms with Crippen LogP contribution in [0.25, 0.3) is 11.0 Å². The van der Waals surface area contributed by atoms with Crippen LogP contribution in [0.5, 0.6) is 5.75 Å². The molecule has 10 nitrogen and oxygen atoms in total. The number of nitrogens with zero attached hydrogens (tertiary/aromatic N) is 3. The fourth-order valence-corrected chi connectivity index (χ4v) is 4.79. The number of hydrogen-bond acceptors (Lipinski definition) is 8. The van der Waals surface area contributed by atoms with Gasteiger partial charge in [-0.05, 0) is 48.5 Å². The molecule has 0 amide bonds. The fourth-order valence-electron chi connectivity index (χ4n) is 3.22. The molecule has 1 unspecified atom stereocenters. The van der Waals surface area contributed by atoms with Gasteiger partial charge in [-0.3, -0.25) is 4.55 Å². The Kier molecular flexibility index (Phi) is 6.36. The third kappa shape index (κ3) is 4.76. The highest BCUT2D eigenvalue weighted by Gasteiger charge is 2.24. The molecule has 0 aliphatic rings. The van der Waals surface area contributed by atoms with E-state index < -0.39 is 27.0 Å². The van der Waals surface area contributed by atoms with Crippen molar-refractivity contribution in [1.29, 1.82) is 10.5 Å². The Labute approximate surface area is 201 Å². The second kappa shape index (κ2) is 9.40. The summed E-state index contributed by atoms with van der Waals surface area (Å²) in [5.74, 6) is -0.295. The van der Waals surface area contributed by atoms with Crippen LogP contribution in [0.3, 0.4) is 0 Å². The maximum absolute atomic E-state index is 12.8. The first-order valence-electron chi connectivity index (χ1n) is 9.66. The molecule has 3 aromatic carbocycles. The van der Waals surface area contributed by atoms with Crippen molar-refractivity contribution in [1.82, 2.24) is 0 Å². The molecule has 0 saturated heterocycles. The van der Waals surface area contributed by atoms with Gasteiger partial charge >= 0.3 is 15.7 Å². The van der Waals surface area contributed by atoms with Gasteiger partial charge in [-0.25, -0.2) is 13.3 Å². The van der Waals surface area contributed by atoms with E-state index in [1.807, 2.05) is 12.1 Å². The minimum atomic E-state index is -4.38. The lowest BCUT2D eigenvalue weighted by atomic mass is 10.2. The molecule has 0 spiro atoms. The van der Waals surface area contributed by atoms with Crippen molar-refractivity contribution < 1.29 is 25.8 Å². The summed E-state index contributed by atoms with van der Waals surface area (Å²) in [6, 6.07) is 20.1. The predicted molar refractivity (Wildman–Crippen MR) is 126 cm³/mol. The quantitative estimate of drug-likeness (QED) is 0.233. The van der Waals surface area contributed by atoms with Crippen LogP contribution < -0.4 is 14.1 Å². The molecule has 0 saturated carbocycles. The predicted octanol–water partition coefficient (Wildman–Crippen LogP) is 3.58. The molecule has 1 heterocycles. The molecule has 1 N–H and O–H groups in total. The molecule has 0 bridgehead atoms. The lowest BCUT2D eigenvalue weighted by Crippen LogP contribution is -2.24. The normalized spacial score (nSPS) is 11.9. The van der Waals surface area contributed by atoms with Crippen LogP contribution in [0.15, 0.2) is 86.9 Å². The van der Waals surface area contributed by atoms with Crippen molar-refractivity contribution in [2.24, 2.45) is 0 Å². The lowest BCUT2D eigenvalue weighted by Gasteiger charge is -2.19. The molecule has 0 aliphatic carbocycles. The van der Waals surface area contributed by atoms with Gasteiger partial charge in [0.05, 0.1) is 29.0 Å². The van der Waals surface area contributed by atoms with Crippen molar-refractivity contribution >= 4 is 43.7 Å². The summed E-state index contributed by atoms with van der Waals surface area (Å²) in [6.07, 6.45) is 0. The Morgan fingerprint density at radius 2 is 1.60 bits per heavy atom. The first kappa shape index (κ1) is 23.7.